The van der Waals surface area contributed by atoms with Gasteiger partial charge in [0.05, 0.1) is 16.2 Å². The molecule has 6 nitrogen and oxygen atoms in total. The van der Waals surface area contributed by atoms with Gasteiger partial charge in [-0.2, -0.15) is 26.3 Å². The van der Waals surface area contributed by atoms with Gasteiger partial charge in [0.15, 0.2) is 0 Å². The Bertz CT molecular complexity index is 1150. The van der Waals surface area contributed by atoms with Gasteiger partial charge in [-0.3, -0.25) is 14.2 Å². The molecule has 1 aliphatic heterocycles. The van der Waals surface area contributed by atoms with Crippen molar-refractivity contribution in [2.45, 2.75) is 51.0 Å². The molecule has 2 heterocycles. The molecule has 1 aliphatic rings. The number of amides is 1. The molecule has 0 saturated carbocycles. The first-order chi connectivity index (χ1) is 16.7. The van der Waals surface area contributed by atoms with E-state index < -0.39 is 42.3 Å². The number of halogens is 6. The van der Waals surface area contributed by atoms with Crippen LogP contribution in [0.1, 0.15) is 37.1 Å². The number of hydrogen-bond acceptors (Lipinski definition) is 4. The number of nitrogens with zero attached hydrogens (tertiary/aromatic N) is 3. The molecule has 2 aromatic rings. The molecule has 0 unspecified atom stereocenters. The first-order valence-corrected chi connectivity index (χ1v) is 11.6. The summed E-state index contributed by atoms with van der Waals surface area (Å²) in [6.07, 6.45) is -9.57. The standard InChI is InChI=1S/C23H24F6N4O2S/c24-22(25,26)9-1-2-18-31-17(14-3-5-16(6-4-14)23(27,28)29)12-19(34)33(18)13-20(35)32-10-7-15(8-11-32)21(30)36/h3-6,12,15H,1-2,7-11,13H2,(H2,30,36). The minimum atomic E-state index is -4.55. The van der Waals surface area contributed by atoms with E-state index in [-0.39, 0.29) is 35.8 Å². The normalized spacial score (nSPS) is 15.2. The van der Waals surface area contributed by atoms with Crippen LogP contribution in [-0.2, 0) is 23.9 Å². The first kappa shape index (κ1) is 27.6. The van der Waals surface area contributed by atoms with Crippen LogP contribution in [0.25, 0.3) is 11.3 Å². The van der Waals surface area contributed by atoms with Gasteiger partial charge < -0.3 is 10.6 Å². The van der Waals surface area contributed by atoms with Crippen LogP contribution < -0.4 is 11.3 Å². The highest BCUT2D eigenvalue weighted by molar-refractivity contribution is 7.80. The van der Waals surface area contributed by atoms with Gasteiger partial charge in [0.25, 0.3) is 5.56 Å². The second-order valence-corrected chi connectivity index (χ2v) is 9.05. The van der Waals surface area contributed by atoms with Crippen molar-refractivity contribution < 1.29 is 31.1 Å². The van der Waals surface area contributed by atoms with Gasteiger partial charge in [0.2, 0.25) is 5.91 Å². The van der Waals surface area contributed by atoms with E-state index >= 15 is 0 Å². The van der Waals surface area contributed by atoms with Crippen molar-refractivity contribution in [3.05, 3.63) is 52.1 Å². The molecule has 0 radical (unpaired) electrons. The number of rotatable bonds is 7. The Morgan fingerprint density at radius 3 is 2.22 bits per heavy atom. The lowest BCUT2D eigenvalue weighted by atomic mass is 9.97. The molecule has 0 atom stereocenters. The molecule has 13 heteroatoms. The highest BCUT2D eigenvalue weighted by atomic mass is 32.1. The van der Waals surface area contributed by atoms with Gasteiger partial charge in [0, 0.05) is 43.5 Å². The summed E-state index contributed by atoms with van der Waals surface area (Å²) in [5.74, 6) is -0.443. The molecule has 0 spiro atoms. The lowest BCUT2D eigenvalue weighted by Gasteiger charge is -2.31. The van der Waals surface area contributed by atoms with Gasteiger partial charge in [-0.25, -0.2) is 4.98 Å². The number of carbonyl (C=O) groups is 1. The fourth-order valence-corrected chi connectivity index (χ4v) is 4.22. The summed E-state index contributed by atoms with van der Waals surface area (Å²) < 4.78 is 77.7. The van der Waals surface area contributed by atoms with Crippen molar-refractivity contribution in [2.75, 3.05) is 13.1 Å². The fraction of sp³-hybridized carbons (Fsp3) is 0.478. The highest BCUT2D eigenvalue weighted by Gasteiger charge is 2.30. The van der Waals surface area contributed by atoms with Crippen LogP contribution in [0, 0.1) is 5.92 Å². The van der Waals surface area contributed by atoms with E-state index in [1.165, 1.54) is 4.90 Å². The summed E-state index contributed by atoms with van der Waals surface area (Å²) in [6.45, 7) is 0.324. The van der Waals surface area contributed by atoms with Crippen LogP contribution in [0.15, 0.2) is 35.1 Å². The minimum absolute atomic E-state index is 0.00869. The van der Waals surface area contributed by atoms with E-state index in [1.54, 1.807) is 0 Å². The Hall–Kier alpha value is -2.96. The van der Waals surface area contributed by atoms with Gasteiger partial charge in [-0.05, 0) is 31.4 Å². The molecule has 36 heavy (non-hydrogen) atoms. The number of alkyl halides is 6. The number of aryl methyl sites for hydroxylation is 1. The second-order valence-electron chi connectivity index (χ2n) is 8.58. The number of aromatic nitrogens is 2. The van der Waals surface area contributed by atoms with Gasteiger partial charge >= 0.3 is 12.4 Å². The van der Waals surface area contributed by atoms with E-state index in [9.17, 15) is 35.9 Å². The number of thiocarbonyl (C=S) groups is 1. The Labute approximate surface area is 208 Å². The summed E-state index contributed by atoms with van der Waals surface area (Å²) in [7, 11) is 0. The lowest BCUT2D eigenvalue weighted by Crippen LogP contribution is -2.44. The predicted molar refractivity (Wildman–Crippen MR) is 124 cm³/mol. The first-order valence-electron chi connectivity index (χ1n) is 11.2. The minimum Gasteiger partial charge on any atom is -0.393 e. The predicted octanol–water partition coefficient (Wildman–Crippen LogP) is 4.34. The van der Waals surface area contributed by atoms with Crippen LogP contribution >= 0.6 is 12.2 Å². The molecule has 1 aromatic carbocycles. The number of benzene rings is 1. The van der Waals surface area contributed by atoms with Gasteiger partial charge in [-0.15, -0.1) is 0 Å². The number of nitrogens with two attached hydrogens (primary N) is 1. The average Bonchev–Trinajstić information content (AvgIpc) is 2.79. The van der Waals surface area contributed by atoms with E-state index in [4.69, 9.17) is 18.0 Å². The molecule has 1 amide bonds. The molecular formula is C23H24F6N4O2S. The zero-order chi connectivity index (χ0) is 26.7. The molecule has 1 saturated heterocycles. The maximum absolute atomic E-state index is 12.9. The molecular weight excluding hydrogens is 510 g/mol. The Balaban J connectivity index is 1.87. The molecule has 0 bridgehead atoms. The molecule has 1 aromatic heterocycles. The summed E-state index contributed by atoms with van der Waals surface area (Å²) >= 11 is 4.99. The maximum Gasteiger partial charge on any atom is 0.416 e. The molecule has 1 fully saturated rings. The SMILES string of the molecule is NC(=S)C1CCN(C(=O)Cn2c(CCCC(F)(F)F)nc(-c3ccc(C(F)(F)F)cc3)cc2=O)CC1. The van der Waals surface area contributed by atoms with Crippen LogP contribution in [0.5, 0.6) is 0 Å². The Morgan fingerprint density at radius 1 is 1.08 bits per heavy atom. The maximum atomic E-state index is 12.9. The van der Waals surface area contributed by atoms with Crippen molar-refractivity contribution >= 4 is 23.1 Å². The van der Waals surface area contributed by atoms with E-state index in [2.05, 4.69) is 4.98 Å². The molecule has 196 valence electrons. The Kier molecular flexibility index (Phi) is 8.42. The van der Waals surface area contributed by atoms with Gasteiger partial charge in [-0.1, -0.05) is 24.4 Å². The van der Waals surface area contributed by atoms with Crippen molar-refractivity contribution in [2.24, 2.45) is 11.7 Å². The highest BCUT2D eigenvalue weighted by Crippen LogP contribution is 2.30. The van der Waals surface area contributed by atoms with E-state index in [0.29, 0.717) is 30.9 Å². The summed E-state index contributed by atoms with van der Waals surface area (Å²) in [4.78, 5) is 31.9. The van der Waals surface area contributed by atoms with Gasteiger partial charge in [0.1, 0.15) is 12.4 Å². The Morgan fingerprint density at radius 2 is 1.69 bits per heavy atom. The number of hydrogen-bond donors (Lipinski definition) is 1. The van der Waals surface area contributed by atoms with E-state index in [1.807, 2.05) is 0 Å². The third-order valence-corrected chi connectivity index (χ3v) is 6.33. The lowest BCUT2D eigenvalue weighted by molar-refractivity contribution is -0.137. The third kappa shape index (κ3) is 7.28. The fourth-order valence-electron chi connectivity index (χ4n) is 3.99. The number of piperidine rings is 1. The quantitative estimate of drug-likeness (QED) is 0.422. The largest absolute Gasteiger partial charge is 0.416 e. The summed E-state index contributed by atoms with van der Waals surface area (Å²) in [6, 6.07) is 4.97. The zero-order valence-electron chi connectivity index (χ0n) is 19.0. The summed E-state index contributed by atoms with van der Waals surface area (Å²) in [5.41, 5.74) is 4.28. The van der Waals surface area contributed by atoms with Crippen molar-refractivity contribution in [1.29, 1.82) is 0 Å². The number of likely N-dealkylation sites (tertiary alicyclic amines) is 1. The third-order valence-electron chi connectivity index (χ3n) is 6.00. The molecule has 2 N–H and O–H groups in total. The van der Waals surface area contributed by atoms with E-state index in [0.717, 1.165) is 34.9 Å². The van der Waals surface area contributed by atoms with Crippen molar-refractivity contribution in [3.8, 4) is 11.3 Å². The average molecular weight is 535 g/mol. The van der Waals surface area contributed by atoms with Crippen LogP contribution in [0.3, 0.4) is 0 Å². The zero-order valence-corrected chi connectivity index (χ0v) is 19.8. The molecule has 0 aliphatic carbocycles. The van der Waals surface area contributed by atoms with Crippen LogP contribution in [0.2, 0.25) is 0 Å². The molecule has 3 rings (SSSR count). The van der Waals surface area contributed by atoms with Crippen LogP contribution in [0.4, 0.5) is 26.3 Å². The smallest absolute Gasteiger partial charge is 0.393 e. The van der Waals surface area contributed by atoms with Crippen LogP contribution in [-0.4, -0.2) is 44.6 Å². The van der Waals surface area contributed by atoms with Crippen molar-refractivity contribution in [3.63, 3.8) is 0 Å². The topological polar surface area (TPSA) is 81.2 Å². The summed E-state index contributed by atoms with van der Waals surface area (Å²) in [5, 5.41) is 0. The second kappa shape index (κ2) is 11.0. The number of carbonyl (C=O) groups excluding carboxylic acids is 1. The monoisotopic (exact) mass is 534 g/mol. The van der Waals surface area contributed by atoms with Crippen molar-refractivity contribution in [1.82, 2.24) is 14.5 Å².